The predicted molar refractivity (Wildman–Crippen MR) is 51.7 cm³/mol. The van der Waals surface area contributed by atoms with Gasteiger partial charge in [-0.2, -0.15) is 0 Å². The average molecular weight is 195 g/mol. The van der Waals surface area contributed by atoms with Crippen LogP contribution in [0.1, 0.15) is 38.5 Å². The van der Waals surface area contributed by atoms with Gasteiger partial charge in [0.2, 0.25) is 0 Å². The second kappa shape index (κ2) is 2.32. The SMILES string of the molecule is NC12C[C@@H]3C[C@@H](C1)CC(C(=O)O)(C3)C2. The molecule has 0 amide bonds. The van der Waals surface area contributed by atoms with Crippen molar-refractivity contribution >= 4 is 5.97 Å². The van der Waals surface area contributed by atoms with Gasteiger partial charge in [0.25, 0.3) is 0 Å². The third kappa shape index (κ3) is 0.991. The summed E-state index contributed by atoms with van der Waals surface area (Å²) in [7, 11) is 0. The van der Waals surface area contributed by atoms with Crippen molar-refractivity contribution in [1.29, 1.82) is 0 Å². The van der Waals surface area contributed by atoms with Crippen LogP contribution in [0.4, 0.5) is 0 Å². The summed E-state index contributed by atoms with van der Waals surface area (Å²) in [4.78, 5) is 11.3. The van der Waals surface area contributed by atoms with Crippen LogP contribution < -0.4 is 5.73 Å². The molecule has 2 atom stereocenters. The van der Waals surface area contributed by atoms with E-state index in [0.29, 0.717) is 11.8 Å². The maximum absolute atomic E-state index is 11.3. The third-order valence-electron chi connectivity index (χ3n) is 4.56. The topological polar surface area (TPSA) is 63.3 Å². The number of hydrogen-bond acceptors (Lipinski definition) is 2. The Morgan fingerprint density at radius 1 is 1.21 bits per heavy atom. The van der Waals surface area contributed by atoms with Crippen molar-refractivity contribution in [3.63, 3.8) is 0 Å². The Morgan fingerprint density at radius 2 is 1.79 bits per heavy atom. The molecule has 4 saturated carbocycles. The van der Waals surface area contributed by atoms with Crippen LogP contribution in [-0.4, -0.2) is 16.6 Å². The normalized spacial score (nSPS) is 54.9. The summed E-state index contributed by atoms with van der Waals surface area (Å²) in [5, 5.41) is 9.34. The van der Waals surface area contributed by atoms with Gasteiger partial charge in [0.05, 0.1) is 5.41 Å². The lowest BCUT2D eigenvalue weighted by atomic mass is 9.47. The van der Waals surface area contributed by atoms with Crippen LogP contribution in [0, 0.1) is 17.3 Å². The standard InChI is InChI=1S/C11H17NO2/c12-11-4-7-1-8(5-11)3-10(2-7,6-11)9(13)14/h7-8H,1-6,12H2,(H,13,14)/t7-,8-,10?,11?/m1/s1. The molecule has 4 bridgehead atoms. The smallest absolute Gasteiger partial charge is 0.309 e. The first-order valence-electron chi connectivity index (χ1n) is 5.54. The molecule has 0 spiro atoms. The van der Waals surface area contributed by atoms with Gasteiger partial charge < -0.3 is 10.8 Å². The first-order chi connectivity index (χ1) is 6.51. The molecular weight excluding hydrogens is 178 g/mol. The van der Waals surface area contributed by atoms with E-state index in [4.69, 9.17) is 5.73 Å². The van der Waals surface area contributed by atoms with E-state index in [2.05, 4.69) is 0 Å². The molecule has 0 saturated heterocycles. The van der Waals surface area contributed by atoms with E-state index >= 15 is 0 Å². The van der Waals surface area contributed by atoms with E-state index in [1.807, 2.05) is 0 Å². The molecule has 0 aromatic heterocycles. The van der Waals surface area contributed by atoms with Crippen molar-refractivity contribution in [3.8, 4) is 0 Å². The summed E-state index contributed by atoms with van der Waals surface area (Å²) in [5.41, 5.74) is 5.70. The van der Waals surface area contributed by atoms with Gasteiger partial charge in [-0.3, -0.25) is 4.79 Å². The van der Waals surface area contributed by atoms with Gasteiger partial charge in [0.15, 0.2) is 0 Å². The molecule has 0 aromatic rings. The number of carboxylic acid groups (broad SMARTS) is 1. The Kier molecular flexibility index (Phi) is 1.45. The van der Waals surface area contributed by atoms with Gasteiger partial charge >= 0.3 is 5.97 Å². The number of nitrogens with two attached hydrogens (primary N) is 1. The van der Waals surface area contributed by atoms with Crippen molar-refractivity contribution in [2.75, 3.05) is 0 Å². The maximum Gasteiger partial charge on any atom is 0.309 e. The molecule has 14 heavy (non-hydrogen) atoms. The minimum Gasteiger partial charge on any atom is -0.481 e. The van der Waals surface area contributed by atoms with Crippen LogP contribution in [0.5, 0.6) is 0 Å². The van der Waals surface area contributed by atoms with Crippen LogP contribution >= 0.6 is 0 Å². The summed E-state index contributed by atoms with van der Waals surface area (Å²) in [6.07, 6.45) is 5.86. The molecule has 0 unspecified atom stereocenters. The second-order valence-corrected chi connectivity index (χ2v) is 5.91. The molecule has 4 aliphatic rings. The molecule has 4 fully saturated rings. The molecular formula is C11H17NO2. The molecule has 3 N–H and O–H groups in total. The maximum atomic E-state index is 11.3. The van der Waals surface area contributed by atoms with Gasteiger partial charge in [-0.25, -0.2) is 0 Å². The average Bonchev–Trinajstić information content (AvgIpc) is 1.98. The minimum absolute atomic E-state index is 0.136. The molecule has 4 rings (SSSR count). The first-order valence-corrected chi connectivity index (χ1v) is 5.54. The molecule has 3 heteroatoms. The lowest BCUT2D eigenvalue weighted by Crippen LogP contribution is -2.62. The Hall–Kier alpha value is -0.570. The zero-order valence-electron chi connectivity index (χ0n) is 8.33. The molecule has 0 aliphatic heterocycles. The molecule has 78 valence electrons. The fraction of sp³-hybridized carbons (Fsp3) is 0.909. The number of carboxylic acids is 1. The van der Waals surface area contributed by atoms with Crippen LogP contribution in [-0.2, 0) is 4.79 Å². The zero-order chi connectivity index (χ0) is 9.97. The lowest BCUT2D eigenvalue weighted by molar-refractivity contribution is -0.166. The Bertz CT molecular complexity index is 286. The van der Waals surface area contributed by atoms with E-state index < -0.39 is 11.4 Å². The molecule has 0 aromatic carbocycles. The van der Waals surface area contributed by atoms with Crippen LogP contribution in [0.25, 0.3) is 0 Å². The zero-order valence-corrected chi connectivity index (χ0v) is 8.33. The summed E-state index contributed by atoms with van der Waals surface area (Å²) < 4.78 is 0. The van der Waals surface area contributed by atoms with Crippen molar-refractivity contribution in [2.45, 2.75) is 44.1 Å². The van der Waals surface area contributed by atoms with Gasteiger partial charge in [0.1, 0.15) is 0 Å². The van der Waals surface area contributed by atoms with E-state index in [9.17, 15) is 9.90 Å². The predicted octanol–water partition coefficient (Wildman–Crippen LogP) is 1.37. The van der Waals surface area contributed by atoms with Crippen molar-refractivity contribution in [2.24, 2.45) is 23.0 Å². The van der Waals surface area contributed by atoms with Crippen molar-refractivity contribution in [3.05, 3.63) is 0 Å². The lowest BCUT2D eigenvalue weighted by Gasteiger charge is -2.59. The highest BCUT2D eigenvalue weighted by atomic mass is 16.4. The number of carbonyl (C=O) groups is 1. The van der Waals surface area contributed by atoms with Gasteiger partial charge in [-0.05, 0) is 50.4 Å². The minimum atomic E-state index is -0.596. The number of aliphatic carboxylic acids is 1. The monoisotopic (exact) mass is 195 g/mol. The Morgan fingerprint density at radius 3 is 2.21 bits per heavy atom. The Labute approximate surface area is 83.7 Å². The highest BCUT2D eigenvalue weighted by Gasteiger charge is 2.59. The van der Waals surface area contributed by atoms with Gasteiger partial charge in [-0.15, -0.1) is 0 Å². The highest BCUT2D eigenvalue weighted by Crippen LogP contribution is 2.60. The highest BCUT2D eigenvalue weighted by molar-refractivity contribution is 5.75. The van der Waals surface area contributed by atoms with Crippen LogP contribution in [0.3, 0.4) is 0 Å². The van der Waals surface area contributed by atoms with E-state index in [0.717, 1.165) is 32.1 Å². The molecule has 0 heterocycles. The van der Waals surface area contributed by atoms with Gasteiger partial charge in [-0.1, -0.05) is 0 Å². The molecule has 0 radical (unpaired) electrons. The van der Waals surface area contributed by atoms with Gasteiger partial charge in [0, 0.05) is 5.54 Å². The fourth-order valence-electron chi connectivity index (χ4n) is 4.58. The molecule has 3 nitrogen and oxygen atoms in total. The summed E-state index contributed by atoms with van der Waals surface area (Å²) in [6.45, 7) is 0. The summed E-state index contributed by atoms with van der Waals surface area (Å²) in [6, 6.07) is 0. The van der Waals surface area contributed by atoms with E-state index in [-0.39, 0.29) is 5.54 Å². The quantitative estimate of drug-likeness (QED) is 0.664. The first kappa shape index (κ1) is 8.72. The summed E-state index contributed by atoms with van der Waals surface area (Å²) in [5.74, 6) is 0.594. The third-order valence-corrected chi connectivity index (χ3v) is 4.56. The largest absolute Gasteiger partial charge is 0.481 e. The second-order valence-electron chi connectivity index (χ2n) is 5.91. The van der Waals surface area contributed by atoms with E-state index in [1.165, 1.54) is 6.42 Å². The van der Waals surface area contributed by atoms with E-state index in [1.54, 1.807) is 0 Å². The fourth-order valence-corrected chi connectivity index (χ4v) is 4.58. The van der Waals surface area contributed by atoms with Crippen molar-refractivity contribution < 1.29 is 9.90 Å². The summed E-state index contributed by atoms with van der Waals surface area (Å²) >= 11 is 0. The van der Waals surface area contributed by atoms with Crippen molar-refractivity contribution in [1.82, 2.24) is 0 Å². The van der Waals surface area contributed by atoms with Crippen LogP contribution in [0.15, 0.2) is 0 Å². The number of hydrogen-bond donors (Lipinski definition) is 2. The van der Waals surface area contributed by atoms with Crippen LogP contribution in [0.2, 0.25) is 0 Å². The molecule has 4 aliphatic carbocycles. The Balaban J connectivity index is 2.00. The number of rotatable bonds is 1.